The fourth-order valence-corrected chi connectivity index (χ4v) is 1.25. The molecule has 0 aliphatic carbocycles. The van der Waals surface area contributed by atoms with Gasteiger partial charge in [-0.2, -0.15) is 0 Å². The van der Waals surface area contributed by atoms with Gasteiger partial charge in [0.25, 0.3) is 0 Å². The van der Waals surface area contributed by atoms with Crippen molar-refractivity contribution in [2.45, 2.75) is 6.61 Å². The maximum absolute atomic E-state index is 9.52. The summed E-state index contributed by atoms with van der Waals surface area (Å²) in [6.07, 6.45) is 1.54. The zero-order valence-corrected chi connectivity index (χ0v) is 7.44. The van der Waals surface area contributed by atoms with E-state index < -0.39 is 0 Å². The summed E-state index contributed by atoms with van der Waals surface area (Å²) in [5.74, 6) is 0.735. The summed E-state index contributed by atoms with van der Waals surface area (Å²) < 4.78 is 0. The molecule has 0 fully saturated rings. The quantitative estimate of drug-likeness (QED) is 0.668. The van der Waals surface area contributed by atoms with Gasteiger partial charge >= 0.3 is 0 Å². The molecule has 0 spiro atoms. The van der Waals surface area contributed by atoms with Crippen LogP contribution < -0.4 is 0 Å². The summed E-state index contributed by atoms with van der Waals surface area (Å²) in [6, 6.07) is 6.91. The van der Waals surface area contributed by atoms with Gasteiger partial charge < -0.3 is 15.2 Å². The molecule has 0 amide bonds. The monoisotopic (exact) mass is 190 g/mol. The average Bonchev–Trinajstić information content (AvgIpc) is 2.67. The van der Waals surface area contributed by atoms with Gasteiger partial charge in [0, 0.05) is 0 Å². The number of nitrogens with zero attached hydrogens (tertiary/aromatic N) is 1. The van der Waals surface area contributed by atoms with Gasteiger partial charge in [0.2, 0.25) is 0 Å². The Balaban J connectivity index is 2.44. The van der Waals surface area contributed by atoms with Crippen molar-refractivity contribution < 1.29 is 10.2 Å². The van der Waals surface area contributed by atoms with Crippen LogP contribution in [0.25, 0.3) is 11.4 Å². The lowest BCUT2D eigenvalue weighted by atomic mass is 10.2. The number of phenolic OH excluding ortho intramolecular Hbond substituents is 1. The first-order chi connectivity index (χ1) is 6.81. The average molecular weight is 190 g/mol. The number of benzene rings is 1. The van der Waals surface area contributed by atoms with Crippen molar-refractivity contribution in [1.82, 2.24) is 9.97 Å². The van der Waals surface area contributed by atoms with Crippen LogP contribution in [0, 0.1) is 0 Å². The third kappa shape index (κ3) is 1.47. The van der Waals surface area contributed by atoms with Crippen molar-refractivity contribution in [3.05, 3.63) is 36.2 Å². The van der Waals surface area contributed by atoms with Crippen LogP contribution >= 0.6 is 0 Å². The lowest BCUT2D eigenvalue weighted by Crippen LogP contribution is -1.83. The van der Waals surface area contributed by atoms with Gasteiger partial charge in [-0.25, -0.2) is 4.98 Å². The van der Waals surface area contributed by atoms with Gasteiger partial charge in [0.05, 0.1) is 24.1 Å². The molecular formula is C10H10N2O2. The number of aliphatic hydroxyl groups is 1. The summed E-state index contributed by atoms with van der Waals surface area (Å²) >= 11 is 0. The summed E-state index contributed by atoms with van der Waals surface area (Å²) in [5.41, 5.74) is 1.26. The van der Waals surface area contributed by atoms with Crippen molar-refractivity contribution in [1.29, 1.82) is 0 Å². The van der Waals surface area contributed by atoms with Crippen molar-refractivity contribution in [2.75, 3.05) is 0 Å². The number of H-pyrrole nitrogens is 1. The maximum atomic E-state index is 9.52. The first-order valence-electron chi connectivity index (χ1n) is 4.24. The number of rotatable bonds is 2. The first-order valence-corrected chi connectivity index (χ1v) is 4.24. The van der Waals surface area contributed by atoms with Gasteiger partial charge in [0.15, 0.2) is 0 Å². The molecule has 2 aromatic rings. The lowest BCUT2D eigenvalue weighted by molar-refractivity contribution is 0.277. The highest BCUT2D eigenvalue weighted by Gasteiger charge is 2.06. The predicted octanol–water partition coefficient (Wildman–Crippen LogP) is 1.27. The minimum atomic E-state index is -0.0827. The van der Waals surface area contributed by atoms with E-state index in [0.717, 1.165) is 0 Å². The number of aromatic amines is 1. The Labute approximate surface area is 80.9 Å². The summed E-state index contributed by atoms with van der Waals surface area (Å²) in [6.45, 7) is -0.0827. The molecule has 4 nitrogen and oxygen atoms in total. The number of imidazole rings is 1. The van der Waals surface area contributed by atoms with E-state index in [1.165, 1.54) is 0 Å². The summed E-state index contributed by atoms with van der Waals surface area (Å²) in [4.78, 5) is 6.94. The standard InChI is InChI=1S/C10H10N2O2/c13-6-7-5-11-10(12-7)8-3-1-2-4-9(8)14/h1-5,13-14H,6H2,(H,11,12). The highest BCUT2D eigenvalue weighted by atomic mass is 16.3. The molecule has 72 valence electrons. The molecule has 1 heterocycles. The van der Waals surface area contributed by atoms with Gasteiger partial charge in [-0.15, -0.1) is 0 Å². The minimum absolute atomic E-state index is 0.0827. The molecule has 2 rings (SSSR count). The number of aliphatic hydroxyl groups excluding tert-OH is 1. The highest BCUT2D eigenvalue weighted by Crippen LogP contribution is 2.25. The number of para-hydroxylation sites is 1. The largest absolute Gasteiger partial charge is 0.507 e. The molecule has 14 heavy (non-hydrogen) atoms. The molecule has 0 atom stereocenters. The first kappa shape index (κ1) is 8.77. The van der Waals surface area contributed by atoms with E-state index >= 15 is 0 Å². The van der Waals surface area contributed by atoms with Crippen molar-refractivity contribution in [3.8, 4) is 17.1 Å². The van der Waals surface area contributed by atoms with Gasteiger partial charge in [-0.3, -0.25) is 0 Å². The van der Waals surface area contributed by atoms with Crippen LogP contribution in [0.15, 0.2) is 30.5 Å². The Morgan fingerprint density at radius 2 is 2.07 bits per heavy atom. The minimum Gasteiger partial charge on any atom is -0.507 e. The zero-order chi connectivity index (χ0) is 9.97. The number of hydrogen-bond donors (Lipinski definition) is 3. The van der Waals surface area contributed by atoms with E-state index in [4.69, 9.17) is 5.11 Å². The van der Waals surface area contributed by atoms with Crippen LogP contribution in [0.4, 0.5) is 0 Å². The van der Waals surface area contributed by atoms with Crippen LogP contribution in [-0.4, -0.2) is 20.2 Å². The van der Waals surface area contributed by atoms with Crippen molar-refractivity contribution >= 4 is 0 Å². The molecule has 0 bridgehead atoms. The Bertz CT molecular complexity index is 437. The van der Waals surface area contributed by atoms with Crippen LogP contribution in [0.5, 0.6) is 5.75 Å². The SMILES string of the molecule is OCc1cnc(-c2ccccc2O)[nH]1. The molecule has 0 radical (unpaired) electrons. The van der Waals surface area contributed by atoms with Crippen LogP contribution in [-0.2, 0) is 6.61 Å². The van der Waals surface area contributed by atoms with Gasteiger partial charge in [-0.1, -0.05) is 12.1 Å². The number of aromatic hydroxyl groups is 1. The van der Waals surface area contributed by atoms with E-state index in [0.29, 0.717) is 17.1 Å². The molecule has 3 N–H and O–H groups in total. The predicted molar refractivity (Wildman–Crippen MR) is 51.6 cm³/mol. The molecule has 4 heteroatoms. The number of aromatic nitrogens is 2. The van der Waals surface area contributed by atoms with Crippen molar-refractivity contribution in [3.63, 3.8) is 0 Å². The Morgan fingerprint density at radius 1 is 1.29 bits per heavy atom. The number of nitrogens with one attached hydrogen (secondary N) is 1. The third-order valence-corrected chi connectivity index (χ3v) is 1.96. The highest BCUT2D eigenvalue weighted by molar-refractivity contribution is 5.63. The summed E-state index contributed by atoms with van der Waals surface area (Å²) in [5, 5.41) is 18.4. The lowest BCUT2D eigenvalue weighted by Gasteiger charge is -1.99. The Morgan fingerprint density at radius 3 is 2.71 bits per heavy atom. The van der Waals surface area contributed by atoms with Crippen LogP contribution in [0.1, 0.15) is 5.69 Å². The Hall–Kier alpha value is -1.81. The third-order valence-electron chi connectivity index (χ3n) is 1.96. The molecule has 0 saturated carbocycles. The molecule has 0 aliphatic heterocycles. The fourth-order valence-electron chi connectivity index (χ4n) is 1.25. The van der Waals surface area contributed by atoms with E-state index in [1.807, 2.05) is 6.07 Å². The molecule has 0 aliphatic rings. The van der Waals surface area contributed by atoms with Crippen LogP contribution in [0.2, 0.25) is 0 Å². The van der Waals surface area contributed by atoms with E-state index in [1.54, 1.807) is 24.4 Å². The maximum Gasteiger partial charge on any atom is 0.141 e. The Kier molecular flexibility index (Phi) is 2.20. The van der Waals surface area contributed by atoms with Gasteiger partial charge in [-0.05, 0) is 12.1 Å². The molecule has 0 unspecified atom stereocenters. The molecule has 0 saturated heterocycles. The second kappa shape index (κ2) is 3.51. The molecule has 1 aromatic carbocycles. The normalized spacial score (nSPS) is 10.4. The smallest absolute Gasteiger partial charge is 0.141 e. The van der Waals surface area contributed by atoms with Gasteiger partial charge in [0.1, 0.15) is 11.6 Å². The van der Waals surface area contributed by atoms with E-state index in [9.17, 15) is 5.11 Å². The number of phenols is 1. The second-order valence-electron chi connectivity index (χ2n) is 2.93. The fraction of sp³-hybridized carbons (Fsp3) is 0.100. The van der Waals surface area contributed by atoms with Crippen LogP contribution in [0.3, 0.4) is 0 Å². The molecule has 1 aromatic heterocycles. The van der Waals surface area contributed by atoms with E-state index in [2.05, 4.69) is 9.97 Å². The van der Waals surface area contributed by atoms with E-state index in [-0.39, 0.29) is 12.4 Å². The van der Waals surface area contributed by atoms with Crippen molar-refractivity contribution in [2.24, 2.45) is 0 Å². The zero-order valence-electron chi connectivity index (χ0n) is 7.44. The summed E-state index contributed by atoms with van der Waals surface area (Å²) in [7, 11) is 0. The number of hydrogen-bond acceptors (Lipinski definition) is 3. The topological polar surface area (TPSA) is 69.1 Å². The second-order valence-corrected chi connectivity index (χ2v) is 2.93. The molecular weight excluding hydrogens is 180 g/mol.